The third-order valence-electron chi connectivity index (χ3n) is 3.18. The topological polar surface area (TPSA) is 9.23 Å². The summed E-state index contributed by atoms with van der Waals surface area (Å²) in [6, 6.07) is 8.44. The minimum atomic E-state index is 0.230. The van der Waals surface area contributed by atoms with Gasteiger partial charge in [-0.2, -0.15) is 0 Å². The highest BCUT2D eigenvalue weighted by molar-refractivity contribution is 14.1. The molecule has 0 aromatic heterocycles. The Hall–Kier alpha value is 0.390. The Morgan fingerprint density at radius 3 is 2.58 bits per heavy atom. The molecule has 0 amide bonds. The van der Waals surface area contributed by atoms with E-state index >= 15 is 0 Å². The summed E-state index contributed by atoms with van der Waals surface area (Å²) < 4.78 is 8.14. The molecule has 1 aromatic rings. The van der Waals surface area contributed by atoms with Gasteiger partial charge in [0.25, 0.3) is 0 Å². The van der Waals surface area contributed by atoms with E-state index < -0.39 is 0 Å². The van der Waals surface area contributed by atoms with Gasteiger partial charge in [0.05, 0.1) is 6.10 Å². The first-order valence-corrected chi connectivity index (χ1v) is 9.52. The summed E-state index contributed by atoms with van der Waals surface area (Å²) in [5, 5.41) is 0. The van der Waals surface area contributed by atoms with Crippen LogP contribution in [0.25, 0.3) is 0 Å². The van der Waals surface area contributed by atoms with Crippen LogP contribution in [-0.2, 0) is 4.74 Å². The zero-order chi connectivity index (χ0) is 13.9. The van der Waals surface area contributed by atoms with Gasteiger partial charge in [0.2, 0.25) is 0 Å². The molecule has 0 aliphatic carbocycles. The highest BCUT2D eigenvalue weighted by atomic mass is 127. The van der Waals surface area contributed by atoms with Crippen LogP contribution in [0.5, 0.6) is 0 Å². The molecule has 0 heterocycles. The summed E-state index contributed by atoms with van der Waals surface area (Å²) in [4.78, 5) is 0. The molecule has 0 radical (unpaired) electrons. The lowest BCUT2D eigenvalue weighted by atomic mass is 10.1. The van der Waals surface area contributed by atoms with Crippen molar-refractivity contribution in [2.75, 3.05) is 11.0 Å². The molecule has 1 nitrogen and oxygen atoms in total. The van der Waals surface area contributed by atoms with Gasteiger partial charge in [-0.1, -0.05) is 89.7 Å². The van der Waals surface area contributed by atoms with Crippen LogP contribution >= 0.6 is 38.5 Å². The molecule has 1 rings (SSSR count). The number of rotatable bonds is 10. The molecule has 3 heteroatoms. The van der Waals surface area contributed by atoms with Gasteiger partial charge in [-0.25, -0.2) is 0 Å². The van der Waals surface area contributed by atoms with Gasteiger partial charge in [-0.15, -0.1) is 0 Å². The predicted octanol–water partition coefficient (Wildman–Crippen LogP) is 6.30. The van der Waals surface area contributed by atoms with E-state index in [2.05, 4.69) is 69.7 Å². The summed E-state index contributed by atoms with van der Waals surface area (Å²) >= 11 is 5.92. The fourth-order valence-corrected chi connectivity index (χ4v) is 3.22. The third kappa shape index (κ3) is 7.66. The van der Waals surface area contributed by atoms with Crippen LogP contribution in [0.3, 0.4) is 0 Å². The lowest BCUT2D eigenvalue weighted by Gasteiger charge is -2.16. The molecule has 1 atom stereocenters. The molecule has 0 saturated carbocycles. The maximum absolute atomic E-state index is 6.01. The van der Waals surface area contributed by atoms with E-state index in [-0.39, 0.29) is 6.10 Å². The third-order valence-corrected chi connectivity index (χ3v) is 4.47. The number of alkyl halides is 1. The monoisotopic (exact) mass is 438 g/mol. The number of benzene rings is 1. The fourth-order valence-electron chi connectivity index (χ4n) is 2.04. The average Bonchev–Trinajstić information content (AvgIpc) is 2.42. The van der Waals surface area contributed by atoms with Gasteiger partial charge in [-0.05, 0) is 24.1 Å². The standard InChI is InChI=1S/C16H24BrIO/c1-2-3-4-5-6-7-11-19-16(13-18)14-9-8-10-15(17)12-14/h8-10,12,16H,2-7,11,13H2,1H3. The van der Waals surface area contributed by atoms with Gasteiger partial charge >= 0.3 is 0 Å². The molecule has 1 aromatic carbocycles. The number of ether oxygens (including phenoxy) is 1. The van der Waals surface area contributed by atoms with Crippen LogP contribution in [-0.4, -0.2) is 11.0 Å². The first kappa shape index (κ1) is 17.4. The second kappa shape index (κ2) is 11.1. The van der Waals surface area contributed by atoms with Crippen LogP contribution in [0.1, 0.15) is 57.1 Å². The van der Waals surface area contributed by atoms with Crippen molar-refractivity contribution in [3.8, 4) is 0 Å². The number of hydrogen-bond acceptors (Lipinski definition) is 1. The smallest absolute Gasteiger partial charge is 0.0914 e. The number of halogens is 2. The van der Waals surface area contributed by atoms with E-state index in [1.54, 1.807) is 0 Å². The Balaban J connectivity index is 2.22. The normalized spacial score (nSPS) is 12.6. The summed E-state index contributed by atoms with van der Waals surface area (Å²) in [5.74, 6) is 0. The van der Waals surface area contributed by atoms with Crippen LogP contribution < -0.4 is 0 Å². The van der Waals surface area contributed by atoms with E-state index in [4.69, 9.17) is 4.74 Å². The average molecular weight is 439 g/mol. The highest BCUT2D eigenvalue weighted by Gasteiger charge is 2.10. The van der Waals surface area contributed by atoms with Gasteiger partial charge < -0.3 is 4.74 Å². The molecule has 0 aliphatic heterocycles. The maximum atomic E-state index is 6.01. The van der Waals surface area contributed by atoms with E-state index in [1.165, 1.54) is 44.1 Å². The highest BCUT2D eigenvalue weighted by Crippen LogP contribution is 2.23. The zero-order valence-electron chi connectivity index (χ0n) is 11.7. The Bertz CT molecular complexity index is 343. The summed E-state index contributed by atoms with van der Waals surface area (Å²) in [5.41, 5.74) is 1.27. The molecule has 0 fully saturated rings. The Morgan fingerprint density at radius 1 is 1.16 bits per heavy atom. The van der Waals surface area contributed by atoms with Gasteiger partial charge in [-0.3, -0.25) is 0 Å². The second-order valence-electron chi connectivity index (χ2n) is 4.84. The van der Waals surface area contributed by atoms with E-state index in [1.807, 2.05) is 0 Å². The van der Waals surface area contributed by atoms with Gasteiger partial charge in [0, 0.05) is 15.5 Å². The van der Waals surface area contributed by atoms with Crippen molar-refractivity contribution in [2.24, 2.45) is 0 Å². The van der Waals surface area contributed by atoms with Crippen LogP contribution in [0, 0.1) is 0 Å². The summed E-state index contributed by atoms with van der Waals surface area (Å²) in [6.45, 7) is 3.14. The Morgan fingerprint density at radius 2 is 1.89 bits per heavy atom. The minimum Gasteiger partial charge on any atom is -0.373 e. The van der Waals surface area contributed by atoms with Crippen LogP contribution in [0.15, 0.2) is 28.7 Å². The lowest BCUT2D eigenvalue weighted by molar-refractivity contribution is 0.0678. The first-order valence-electron chi connectivity index (χ1n) is 7.21. The molecule has 19 heavy (non-hydrogen) atoms. The van der Waals surface area contributed by atoms with Crippen LogP contribution in [0.2, 0.25) is 0 Å². The van der Waals surface area contributed by atoms with E-state index in [0.29, 0.717) is 0 Å². The fraction of sp³-hybridized carbons (Fsp3) is 0.625. The zero-order valence-corrected chi connectivity index (χ0v) is 15.5. The molecule has 1 unspecified atom stereocenters. The Kier molecular flexibility index (Phi) is 10.2. The molecular weight excluding hydrogens is 415 g/mol. The largest absolute Gasteiger partial charge is 0.373 e. The molecule has 0 aliphatic rings. The minimum absolute atomic E-state index is 0.230. The molecule has 0 saturated heterocycles. The molecular formula is C16H24BrIO. The quantitative estimate of drug-likeness (QED) is 0.236. The van der Waals surface area contributed by atoms with Crippen molar-refractivity contribution in [3.63, 3.8) is 0 Å². The van der Waals surface area contributed by atoms with Crippen molar-refractivity contribution in [1.82, 2.24) is 0 Å². The van der Waals surface area contributed by atoms with E-state index in [0.717, 1.165) is 15.5 Å². The summed E-state index contributed by atoms with van der Waals surface area (Å²) in [6.07, 6.45) is 8.12. The maximum Gasteiger partial charge on any atom is 0.0914 e. The first-order chi connectivity index (χ1) is 9.27. The van der Waals surface area contributed by atoms with Crippen molar-refractivity contribution in [3.05, 3.63) is 34.3 Å². The number of unbranched alkanes of at least 4 members (excludes halogenated alkanes) is 5. The van der Waals surface area contributed by atoms with E-state index in [9.17, 15) is 0 Å². The molecule has 0 N–H and O–H groups in total. The van der Waals surface area contributed by atoms with Gasteiger partial charge in [0.1, 0.15) is 0 Å². The van der Waals surface area contributed by atoms with Crippen molar-refractivity contribution in [2.45, 2.75) is 51.6 Å². The van der Waals surface area contributed by atoms with Crippen molar-refractivity contribution < 1.29 is 4.74 Å². The molecule has 0 spiro atoms. The van der Waals surface area contributed by atoms with Crippen LogP contribution in [0.4, 0.5) is 0 Å². The van der Waals surface area contributed by atoms with Crippen molar-refractivity contribution in [1.29, 1.82) is 0 Å². The second-order valence-corrected chi connectivity index (χ2v) is 6.63. The molecule has 0 bridgehead atoms. The summed E-state index contributed by atoms with van der Waals surface area (Å²) in [7, 11) is 0. The molecule has 108 valence electrons. The SMILES string of the molecule is CCCCCCCCOC(CI)c1cccc(Br)c1. The Labute approximate surface area is 139 Å². The van der Waals surface area contributed by atoms with Crippen molar-refractivity contribution >= 4 is 38.5 Å². The van der Waals surface area contributed by atoms with Gasteiger partial charge in [0.15, 0.2) is 0 Å². The predicted molar refractivity (Wildman–Crippen MR) is 95.1 cm³/mol. The lowest BCUT2D eigenvalue weighted by Crippen LogP contribution is -2.07. The number of hydrogen-bond donors (Lipinski definition) is 0.